The third-order valence-corrected chi connectivity index (χ3v) is 3.24. The Morgan fingerprint density at radius 1 is 1.22 bits per heavy atom. The highest BCUT2D eigenvalue weighted by Crippen LogP contribution is 2.28. The Hall–Kier alpha value is -2.24. The second kappa shape index (κ2) is 9.71. The fourth-order valence-corrected chi connectivity index (χ4v) is 1.86. The molecule has 0 radical (unpaired) electrons. The number of nitrogens with one attached hydrogen (secondary N) is 1. The smallest absolute Gasteiger partial charge is 0.303 e. The molecule has 0 saturated carbocycles. The molecule has 1 rings (SSSR count). The van der Waals surface area contributed by atoms with Gasteiger partial charge < -0.3 is 19.9 Å². The third-order valence-electron chi connectivity index (χ3n) is 3.24. The molecule has 0 aliphatic carbocycles. The highest BCUT2D eigenvalue weighted by Gasteiger charge is 2.08. The van der Waals surface area contributed by atoms with Gasteiger partial charge in [-0.1, -0.05) is 19.9 Å². The van der Waals surface area contributed by atoms with E-state index in [1.54, 1.807) is 7.11 Å². The molecule has 6 nitrogen and oxygen atoms in total. The van der Waals surface area contributed by atoms with Gasteiger partial charge in [-0.25, -0.2) is 0 Å². The van der Waals surface area contributed by atoms with Gasteiger partial charge in [-0.15, -0.1) is 0 Å². The average molecular weight is 323 g/mol. The van der Waals surface area contributed by atoms with Gasteiger partial charge in [0.25, 0.3) is 0 Å². The highest BCUT2D eigenvalue weighted by atomic mass is 16.5. The summed E-state index contributed by atoms with van der Waals surface area (Å²) in [6, 6.07) is 5.48. The number of ether oxygens (including phenoxy) is 2. The van der Waals surface area contributed by atoms with Crippen molar-refractivity contribution in [1.82, 2.24) is 5.32 Å². The molecule has 0 unspecified atom stereocenters. The zero-order chi connectivity index (χ0) is 17.2. The van der Waals surface area contributed by atoms with Crippen LogP contribution in [0.1, 0.15) is 38.7 Å². The van der Waals surface area contributed by atoms with E-state index in [4.69, 9.17) is 14.6 Å². The van der Waals surface area contributed by atoms with E-state index in [9.17, 15) is 9.59 Å². The largest absolute Gasteiger partial charge is 0.493 e. The molecule has 0 aliphatic rings. The van der Waals surface area contributed by atoms with Crippen molar-refractivity contribution in [3.05, 3.63) is 23.8 Å². The van der Waals surface area contributed by atoms with E-state index in [2.05, 4.69) is 19.2 Å². The Morgan fingerprint density at radius 2 is 1.96 bits per heavy atom. The molecule has 1 aromatic carbocycles. The monoisotopic (exact) mass is 323 g/mol. The SMILES string of the molecule is COc1cc(CNC(=O)CCC(=O)O)ccc1OCCC(C)C. The number of hydrogen-bond donors (Lipinski definition) is 2. The Balaban J connectivity index is 2.54. The number of hydrogen-bond acceptors (Lipinski definition) is 4. The van der Waals surface area contributed by atoms with E-state index < -0.39 is 5.97 Å². The van der Waals surface area contributed by atoms with Crippen molar-refractivity contribution in [2.75, 3.05) is 13.7 Å². The van der Waals surface area contributed by atoms with Crippen LogP contribution in [-0.4, -0.2) is 30.7 Å². The predicted molar refractivity (Wildman–Crippen MR) is 86.7 cm³/mol. The molecule has 1 aromatic rings. The summed E-state index contributed by atoms with van der Waals surface area (Å²) in [5, 5.41) is 11.2. The number of amides is 1. The van der Waals surface area contributed by atoms with Gasteiger partial charge in [-0.05, 0) is 30.0 Å². The van der Waals surface area contributed by atoms with Crippen molar-refractivity contribution in [2.45, 2.75) is 39.7 Å². The lowest BCUT2D eigenvalue weighted by atomic mass is 10.1. The molecule has 2 N–H and O–H groups in total. The number of aliphatic carboxylic acids is 1. The highest BCUT2D eigenvalue weighted by molar-refractivity contribution is 5.80. The minimum Gasteiger partial charge on any atom is -0.493 e. The topological polar surface area (TPSA) is 84.9 Å². The van der Waals surface area contributed by atoms with Crippen molar-refractivity contribution < 1.29 is 24.2 Å². The van der Waals surface area contributed by atoms with E-state index in [-0.39, 0.29) is 18.7 Å². The van der Waals surface area contributed by atoms with Crippen molar-refractivity contribution >= 4 is 11.9 Å². The molecule has 1 amide bonds. The Bertz CT molecular complexity index is 528. The maximum Gasteiger partial charge on any atom is 0.303 e. The first kappa shape index (κ1) is 18.8. The molecule has 0 aromatic heterocycles. The van der Waals surface area contributed by atoms with Crippen molar-refractivity contribution in [1.29, 1.82) is 0 Å². The summed E-state index contributed by atoms with van der Waals surface area (Å²) in [7, 11) is 1.57. The first-order valence-corrected chi connectivity index (χ1v) is 7.70. The van der Waals surface area contributed by atoms with Crippen molar-refractivity contribution in [3.8, 4) is 11.5 Å². The van der Waals surface area contributed by atoms with Gasteiger partial charge in [-0.3, -0.25) is 9.59 Å². The second-order valence-corrected chi connectivity index (χ2v) is 5.69. The van der Waals surface area contributed by atoms with E-state index in [1.807, 2.05) is 18.2 Å². The van der Waals surface area contributed by atoms with Crippen LogP contribution < -0.4 is 14.8 Å². The van der Waals surface area contributed by atoms with E-state index in [1.165, 1.54) is 0 Å². The lowest BCUT2D eigenvalue weighted by Crippen LogP contribution is -2.23. The lowest BCUT2D eigenvalue weighted by Gasteiger charge is -2.13. The maximum absolute atomic E-state index is 11.5. The molecule has 6 heteroatoms. The van der Waals surface area contributed by atoms with Crippen LogP contribution in [-0.2, 0) is 16.1 Å². The molecule has 128 valence electrons. The van der Waals surface area contributed by atoms with E-state index in [0.717, 1.165) is 12.0 Å². The van der Waals surface area contributed by atoms with Gasteiger partial charge in [0.15, 0.2) is 11.5 Å². The van der Waals surface area contributed by atoms with Crippen molar-refractivity contribution in [2.24, 2.45) is 5.92 Å². The number of methoxy groups -OCH3 is 1. The summed E-state index contributed by atoms with van der Waals surface area (Å²) in [4.78, 5) is 21.9. The molecule has 0 aliphatic heterocycles. The number of carboxylic acid groups (broad SMARTS) is 1. The van der Waals surface area contributed by atoms with E-state index >= 15 is 0 Å². The number of carbonyl (C=O) groups is 2. The molecule has 0 atom stereocenters. The second-order valence-electron chi connectivity index (χ2n) is 5.69. The van der Waals surface area contributed by atoms with Crippen LogP contribution in [0.2, 0.25) is 0 Å². The Morgan fingerprint density at radius 3 is 2.57 bits per heavy atom. The van der Waals surface area contributed by atoms with Crippen LogP contribution in [0, 0.1) is 5.92 Å². The molecular weight excluding hydrogens is 298 g/mol. The molecule has 0 heterocycles. The van der Waals surface area contributed by atoms with Gasteiger partial charge in [0.2, 0.25) is 5.91 Å². The average Bonchev–Trinajstić information content (AvgIpc) is 2.51. The fourth-order valence-electron chi connectivity index (χ4n) is 1.86. The van der Waals surface area contributed by atoms with Gasteiger partial charge in [0, 0.05) is 13.0 Å². The van der Waals surface area contributed by atoms with Gasteiger partial charge in [0.05, 0.1) is 20.1 Å². The van der Waals surface area contributed by atoms with Gasteiger partial charge in [-0.2, -0.15) is 0 Å². The predicted octanol–water partition coefficient (Wildman–Crippen LogP) is 2.60. The number of rotatable bonds is 10. The quantitative estimate of drug-likeness (QED) is 0.691. The fraction of sp³-hybridized carbons (Fsp3) is 0.529. The van der Waals surface area contributed by atoms with Crippen LogP contribution in [0.15, 0.2) is 18.2 Å². The maximum atomic E-state index is 11.5. The normalized spacial score (nSPS) is 10.4. The minimum absolute atomic E-state index is 0.0249. The number of benzene rings is 1. The zero-order valence-electron chi connectivity index (χ0n) is 13.9. The number of carbonyl (C=O) groups excluding carboxylic acids is 1. The molecule has 0 bridgehead atoms. The van der Waals surface area contributed by atoms with Crippen molar-refractivity contribution in [3.63, 3.8) is 0 Å². The molecule has 23 heavy (non-hydrogen) atoms. The first-order chi connectivity index (χ1) is 10.9. The summed E-state index contributed by atoms with van der Waals surface area (Å²) < 4.78 is 11.0. The molecular formula is C17H25NO5. The Kier molecular flexibility index (Phi) is 7.94. The zero-order valence-corrected chi connectivity index (χ0v) is 13.9. The van der Waals surface area contributed by atoms with Gasteiger partial charge in [0.1, 0.15) is 0 Å². The van der Waals surface area contributed by atoms with Crippen LogP contribution in [0.4, 0.5) is 0 Å². The number of carboxylic acids is 1. The molecule has 0 spiro atoms. The van der Waals surface area contributed by atoms with Crippen LogP contribution >= 0.6 is 0 Å². The summed E-state index contributed by atoms with van der Waals surface area (Å²) in [5.41, 5.74) is 0.863. The summed E-state index contributed by atoms with van der Waals surface area (Å²) in [6.45, 7) is 5.22. The molecule has 0 saturated heterocycles. The summed E-state index contributed by atoms with van der Waals surface area (Å²) >= 11 is 0. The lowest BCUT2D eigenvalue weighted by molar-refractivity contribution is -0.138. The Labute approximate surface area is 136 Å². The van der Waals surface area contributed by atoms with Crippen LogP contribution in [0.5, 0.6) is 11.5 Å². The van der Waals surface area contributed by atoms with Crippen LogP contribution in [0.25, 0.3) is 0 Å². The standard InChI is InChI=1S/C17H25NO5/c1-12(2)8-9-23-14-5-4-13(10-15(14)22-3)11-18-16(19)6-7-17(20)21/h4-5,10,12H,6-9,11H2,1-3H3,(H,18,19)(H,20,21). The first-order valence-electron chi connectivity index (χ1n) is 7.70. The van der Waals surface area contributed by atoms with Gasteiger partial charge >= 0.3 is 5.97 Å². The van der Waals surface area contributed by atoms with Crippen LogP contribution in [0.3, 0.4) is 0 Å². The minimum atomic E-state index is -0.982. The third kappa shape index (κ3) is 7.54. The summed E-state index contributed by atoms with van der Waals surface area (Å²) in [5.74, 6) is 0.592. The summed E-state index contributed by atoms with van der Waals surface area (Å²) in [6.07, 6.45) is 0.769. The van der Waals surface area contributed by atoms with E-state index in [0.29, 0.717) is 30.6 Å². The molecule has 0 fully saturated rings.